The zero-order chi connectivity index (χ0) is 19.6. The molecule has 0 aromatic heterocycles. The van der Waals surface area contributed by atoms with E-state index in [1.54, 1.807) is 19.2 Å². The summed E-state index contributed by atoms with van der Waals surface area (Å²) in [5, 5.41) is 8.56. The molecule has 0 aliphatic heterocycles. The molecule has 2 aromatic rings. The number of rotatable bonds is 7. The quantitative estimate of drug-likeness (QED) is 0.308. The fourth-order valence-corrected chi connectivity index (χ4v) is 2.15. The number of guanidine groups is 1. The summed E-state index contributed by atoms with van der Waals surface area (Å²) in [5.41, 5.74) is 0.507. The van der Waals surface area contributed by atoms with Gasteiger partial charge in [-0.05, 0) is 55.5 Å². The van der Waals surface area contributed by atoms with Crippen LogP contribution < -0.4 is 20.7 Å². The Labute approximate surface area is 179 Å². The van der Waals surface area contributed by atoms with Crippen LogP contribution in [0.4, 0.5) is 14.5 Å². The smallest absolute Gasteiger partial charge is 0.243 e. The molecule has 28 heavy (non-hydrogen) atoms. The van der Waals surface area contributed by atoms with Crippen LogP contribution in [0.15, 0.2) is 53.5 Å². The lowest BCUT2D eigenvalue weighted by molar-refractivity contribution is -0.115. The Balaban J connectivity index is 0.00000392. The molecule has 0 spiro atoms. The minimum Gasteiger partial charge on any atom is -0.489 e. The largest absolute Gasteiger partial charge is 0.489 e. The van der Waals surface area contributed by atoms with Gasteiger partial charge in [0, 0.05) is 12.7 Å². The highest BCUT2D eigenvalue weighted by molar-refractivity contribution is 14.0. The number of carbonyl (C=O) groups excluding carboxylic acids is 1. The fraction of sp³-hybridized carbons (Fsp3) is 0.263. The third kappa shape index (κ3) is 8.51. The van der Waals surface area contributed by atoms with E-state index in [0.29, 0.717) is 23.9 Å². The van der Waals surface area contributed by atoms with E-state index >= 15 is 0 Å². The molecule has 0 radical (unpaired) electrons. The maximum absolute atomic E-state index is 12.9. The van der Waals surface area contributed by atoms with Crippen molar-refractivity contribution in [3.05, 3.63) is 60.2 Å². The van der Waals surface area contributed by atoms with Gasteiger partial charge >= 0.3 is 0 Å². The zero-order valence-electron chi connectivity index (χ0n) is 15.5. The highest BCUT2D eigenvalue weighted by Crippen LogP contribution is 2.12. The molecular formula is C19H23F2IN4O2. The van der Waals surface area contributed by atoms with E-state index in [1.807, 2.05) is 6.92 Å². The van der Waals surface area contributed by atoms with Crippen molar-refractivity contribution in [2.75, 3.05) is 25.5 Å². The van der Waals surface area contributed by atoms with Crippen LogP contribution >= 0.6 is 24.0 Å². The van der Waals surface area contributed by atoms with Gasteiger partial charge in [-0.3, -0.25) is 9.79 Å². The molecule has 2 aromatic carbocycles. The number of aliphatic imine (C=N–C) groups is 1. The molecule has 0 fully saturated rings. The SMILES string of the molecule is CN=C(NCC(=O)Nc1ccc(F)cc1)NCC(C)Oc1ccc(F)cc1.I. The van der Waals surface area contributed by atoms with Gasteiger partial charge in [0.15, 0.2) is 5.96 Å². The van der Waals surface area contributed by atoms with Crippen LogP contribution in [0.5, 0.6) is 5.75 Å². The average molecular weight is 504 g/mol. The number of halogens is 3. The summed E-state index contributed by atoms with van der Waals surface area (Å²) in [6, 6.07) is 11.3. The van der Waals surface area contributed by atoms with Crippen LogP contribution in [-0.4, -0.2) is 38.1 Å². The van der Waals surface area contributed by atoms with E-state index in [9.17, 15) is 13.6 Å². The van der Waals surface area contributed by atoms with E-state index in [4.69, 9.17) is 4.74 Å². The first-order chi connectivity index (χ1) is 13.0. The van der Waals surface area contributed by atoms with Gasteiger partial charge < -0.3 is 20.7 Å². The average Bonchev–Trinajstić information content (AvgIpc) is 2.65. The minimum atomic E-state index is -0.368. The Hall–Kier alpha value is -2.43. The highest BCUT2D eigenvalue weighted by Gasteiger charge is 2.08. The number of anilines is 1. The van der Waals surface area contributed by atoms with Gasteiger partial charge in [-0.1, -0.05) is 0 Å². The van der Waals surface area contributed by atoms with Crippen LogP contribution in [-0.2, 0) is 4.79 Å². The Kier molecular flexibility index (Phi) is 10.2. The summed E-state index contributed by atoms with van der Waals surface area (Å²) >= 11 is 0. The van der Waals surface area contributed by atoms with Gasteiger partial charge in [0.25, 0.3) is 0 Å². The molecule has 0 aliphatic rings. The van der Waals surface area contributed by atoms with Crippen LogP contribution in [0, 0.1) is 11.6 Å². The van der Waals surface area contributed by atoms with Gasteiger partial charge in [-0.2, -0.15) is 0 Å². The van der Waals surface area contributed by atoms with E-state index in [0.717, 1.165) is 0 Å². The molecule has 152 valence electrons. The molecule has 1 amide bonds. The number of nitrogens with zero attached hydrogens (tertiary/aromatic N) is 1. The Bertz CT molecular complexity index is 771. The monoisotopic (exact) mass is 504 g/mol. The van der Waals surface area contributed by atoms with Crippen LogP contribution in [0.1, 0.15) is 6.92 Å². The van der Waals surface area contributed by atoms with Crippen molar-refractivity contribution >= 4 is 41.5 Å². The molecule has 0 heterocycles. The number of hydrogen-bond donors (Lipinski definition) is 3. The molecule has 9 heteroatoms. The van der Waals surface area contributed by atoms with E-state index in [-0.39, 0.29) is 54.2 Å². The lowest BCUT2D eigenvalue weighted by atomic mass is 10.3. The van der Waals surface area contributed by atoms with E-state index in [2.05, 4.69) is 20.9 Å². The van der Waals surface area contributed by atoms with Crippen molar-refractivity contribution in [3.63, 3.8) is 0 Å². The number of ether oxygens (including phenoxy) is 1. The van der Waals surface area contributed by atoms with Crippen LogP contribution in [0.2, 0.25) is 0 Å². The topological polar surface area (TPSA) is 74.8 Å². The standard InChI is InChI=1S/C19H22F2N4O2.HI/c1-13(27-17-9-5-15(21)6-10-17)11-23-19(22-2)24-12-18(26)25-16-7-3-14(20)4-8-16;/h3-10,13H,11-12H2,1-2H3,(H,25,26)(H2,22,23,24);1H. The van der Waals surface area contributed by atoms with Crippen molar-refractivity contribution in [2.24, 2.45) is 4.99 Å². The summed E-state index contributed by atoms with van der Waals surface area (Å²) < 4.78 is 31.4. The van der Waals surface area contributed by atoms with Gasteiger partial charge in [-0.25, -0.2) is 8.78 Å². The van der Waals surface area contributed by atoms with Crippen molar-refractivity contribution in [1.82, 2.24) is 10.6 Å². The fourth-order valence-electron chi connectivity index (χ4n) is 2.15. The first-order valence-corrected chi connectivity index (χ1v) is 8.38. The first-order valence-electron chi connectivity index (χ1n) is 8.38. The van der Waals surface area contributed by atoms with Crippen molar-refractivity contribution < 1.29 is 18.3 Å². The zero-order valence-corrected chi connectivity index (χ0v) is 17.9. The maximum atomic E-state index is 12.9. The highest BCUT2D eigenvalue weighted by atomic mass is 127. The normalized spacial score (nSPS) is 11.8. The minimum absolute atomic E-state index is 0. The lowest BCUT2D eigenvalue weighted by Gasteiger charge is -2.17. The second-order valence-corrected chi connectivity index (χ2v) is 5.74. The summed E-state index contributed by atoms with van der Waals surface area (Å²) in [6.45, 7) is 2.27. The molecule has 3 N–H and O–H groups in total. The molecule has 0 bridgehead atoms. The van der Waals surface area contributed by atoms with Gasteiger partial charge in [0.2, 0.25) is 5.91 Å². The predicted octanol–water partition coefficient (Wildman–Crippen LogP) is 3.15. The summed E-state index contributed by atoms with van der Waals surface area (Å²) in [5.74, 6) is 0.00986. The molecule has 6 nitrogen and oxygen atoms in total. The number of hydrogen-bond acceptors (Lipinski definition) is 3. The molecule has 0 saturated heterocycles. The first kappa shape index (κ1) is 23.6. The second kappa shape index (κ2) is 12.1. The molecule has 1 unspecified atom stereocenters. The van der Waals surface area contributed by atoms with Crippen LogP contribution in [0.25, 0.3) is 0 Å². The van der Waals surface area contributed by atoms with E-state index in [1.165, 1.54) is 36.4 Å². The number of carbonyl (C=O) groups is 1. The van der Waals surface area contributed by atoms with Gasteiger partial charge in [0.05, 0.1) is 13.1 Å². The van der Waals surface area contributed by atoms with Crippen LogP contribution in [0.3, 0.4) is 0 Å². The summed E-state index contributed by atoms with van der Waals surface area (Å²) in [7, 11) is 1.58. The van der Waals surface area contributed by atoms with Gasteiger partial charge in [0.1, 0.15) is 23.5 Å². The summed E-state index contributed by atoms with van der Waals surface area (Å²) in [4.78, 5) is 15.9. The van der Waals surface area contributed by atoms with Crippen molar-refractivity contribution in [3.8, 4) is 5.75 Å². The van der Waals surface area contributed by atoms with Gasteiger partial charge in [-0.15, -0.1) is 24.0 Å². The Morgan fingerprint density at radius 1 is 1.04 bits per heavy atom. The molecule has 2 rings (SSSR count). The number of nitrogens with one attached hydrogen (secondary N) is 3. The molecule has 0 aliphatic carbocycles. The maximum Gasteiger partial charge on any atom is 0.243 e. The third-order valence-corrected chi connectivity index (χ3v) is 3.48. The van der Waals surface area contributed by atoms with E-state index < -0.39 is 0 Å². The third-order valence-electron chi connectivity index (χ3n) is 3.48. The lowest BCUT2D eigenvalue weighted by Crippen LogP contribution is -2.44. The number of benzene rings is 2. The Morgan fingerprint density at radius 3 is 2.18 bits per heavy atom. The van der Waals surface area contributed by atoms with Crippen molar-refractivity contribution in [1.29, 1.82) is 0 Å². The summed E-state index contributed by atoms with van der Waals surface area (Å²) in [6.07, 6.45) is -0.206. The Morgan fingerprint density at radius 2 is 1.61 bits per heavy atom. The molecule has 0 saturated carbocycles. The van der Waals surface area contributed by atoms with Crippen molar-refractivity contribution in [2.45, 2.75) is 13.0 Å². The predicted molar refractivity (Wildman–Crippen MR) is 116 cm³/mol. The molecule has 1 atom stereocenters. The number of amides is 1. The second-order valence-electron chi connectivity index (χ2n) is 5.74. The molecular weight excluding hydrogens is 481 g/mol.